The zero-order chi connectivity index (χ0) is 28.1. The highest BCUT2D eigenvalue weighted by molar-refractivity contribution is 8.00. The smallest absolute Gasteiger partial charge is 0.255 e. The Morgan fingerprint density at radius 2 is 1.60 bits per heavy atom. The molecule has 0 spiro atoms. The molecule has 202 valence electrons. The van der Waals surface area contributed by atoms with Crippen LogP contribution in [-0.2, 0) is 4.79 Å². The number of fused-ring (bicyclic) bond motifs is 1. The van der Waals surface area contributed by atoms with Crippen molar-refractivity contribution in [2.24, 2.45) is 0 Å². The lowest BCUT2D eigenvalue weighted by atomic mass is 10.1. The average Bonchev–Trinajstić information content (AvgIpc) is 3.45. The van der Waals surface area contributed by atoms with Crippen LogP contribution in [0.25, 0.3) is 22.0 Å². The maximum Gasteiger partial charge on any atom is 0.255 e. The van der Waals surface area contributed by atoms with E-state index in [0.717, 1.165) is 21.5 Å². The molecule has 1 atom stereocenters. The van der Waals surface area contributed by atoms with Crippen LogP contribution >= 0.6 is 23.1 Å². The van der Waals surface area contributed by atoms with Crippen LogP contribution < -0.4 is 20.1 Å². The molecule has 0 aliphatic heterocycles. The van der Waals surface area contributed by atoms with Crippen molar-refractivity contribution in [2.45, 2.75) is 17.1 Å². The predicted octanol–water partition coefficient (Wildman–Crippen LogP) is 7.35. The zero-order valence-electron chi connectivity index (χ0n) is 22.1. The van der Waals surface area contributed by atoms with Gasteiger partial charge in [0.2, 0.25) is 5.91 Å². The van der Waals surface area contributed by atoms with E-state index in [4.69, 9.17) is 9.47 Å². The van der Waals surface area contributed by atoms with Gasteiger partial charge >= 0.3 is 0 Å². The number of hydrogen-bond acceptors (Lipinski definition) is 7. The fraction of sp³-hybridized carbons (Fsp3) is 0.129. The van der Waals surface area contributed by atoms with Gasteiger partial charge in [0.05, 0.1) is 25.2 Å². The van der Waals surface area contributed by atoms with E-state index in [1.807, 2.05) is 54.8 Å². The molecule has 2 amide bonds. The standard InChI is InChI=1S/C31H27N3O4S2/c1-19(29(35)34-31-33-26(18-39-31)22-9-8-20-6-4-5-7-21(20)16-22)40-25-13-11-24(12-14-25)32-30(36)23-10-15-27(37-2)28(17-23)38-3/h4-19H,1-3H3,(H,32,36)(H,33,34,35). The molecule has 1 unspecified atom stereocenters. The van der Waals surface area contributed by atoms with E-state index in [-0.39, 0.29) is 17.1 Å². The molecular formula is C31H27N3O4S2. The first-order valence-electron chi connectivity index (χ1n) is 12.5. The van der Waals surface area contributed by atoms with Crippen molar-refractivity contribution in [3.8, 4) is 22.8 Å². The topological polar surface area (TPSA) is 89.5 Å². The number of nitrogens with zero attached hydrogens (tertiary/aromatic N) is 1. The Bertz CT molecular complexity index is 1670. The molecule has 0 bridgehead atoms. The molecule has 0 aliphatic carbocycles. The molecule has 9 heteroatoms. The second kappa shape index (κ2) is 12.2. The molecule has 0 saturated heterocycles. The van der Waals surface area contributed by atoms with Gasteiger partial charge in [-0.1, -0.05) is 36.4 Å². The molecular weight excluding hydrogens is 542 g/mol. The minimum atomic E-state index is -0.347. The molecule has 0 radical (unpaired) electrons. The minimum absolute atomic E-state index is 0.129. The summed E-state index contributed by atoms with van der Waals surface area (Å²) in [5.41, 5.74) is 2.94. The Balaban J connectivity index is 1.16. The fourth-order valence-electron chi connectivity index (χ4n) is 4.07. The average molecular weight is 570 g/mol. The Kier molecular flexibility index (Phi) is 8.33. The maximum absolute atomic E-state index is 12.9. The van der Waals surface area contributed by atoms with E-state index < -0.39 is 0 Å². The van der Waals surface area contributed by atoms with Crippen LogP contribution in [0, 0.1) is 0 Å². The van der Waals surface area contributed by atoms with Crippen molar-refractivity contribution < 1.29 is 19.1 Å². The lowest BCUT2D eigenvalue weighted by molar-refractivity contribution is -0.115. The molecule has 0 aliphatic rings. The second-order valence-corrected chi connectivity index (χ2v) is 11.2. The first-order valence-corrected chi connectivity index (χ1v) is 14.2. The summed E-state index contributed by atoms with van der Waals surface area (Å²) in [6.07, 6.45) is 0. The zero-order valence-corrected chi connectivity index (χ0v) is 23.8. The SMILES string of the molecule is COc1ccc(C(=O)Nc2ccc(SC(C)C(=O)Nc3nc(-c4ccc5ccccc5c4)cs3)cc2)cc1OC. The molecule has 5 aromatic rings. The molecule has 1 heterocycles. The third-order valence-corrected chi connectivity index (χ3v) is 8.09. The number of nitrogens with one attached hydrogen (secondary N) is 2. The number of anilines is 2. The quantitative estimate of drug-likeness (QED) is 0.180. The van der Waals surface area contributed by atoms with Crippen molar-refractivity contribution in [3.63, 3.8) is 0 Å². The number of thioether (sulfide) groups is 1. The van der Waals surface area contributed by atoms with Gasteiger partial charge in [-0.15, -0.1) is 23.1 Å². The van der Waals surface area contributed by atoms with Gasteiger partial charge in [0.15, 0.2) is 16.6 Å². The van der Waals surface area contributed by atoms with Crippen molar-refractivity contribution in [1.29, 1.82) is 0 Å². The number of thiazole rings is 1. The van der Waals surface area contributed by atoms with Crippen molar-refractivity contribution >= 4 is 56.5 Å². The maximum atomic E-state index is 12.9. The first-order chi connectivity index (χ1) is 19.4. The number of amides is 2. The molecule has 1 aromatic heterocycles. The summed E-state index contributed by atoms with van der Waals surface area (Å²) in [4.78, 5) is 31.1. The monoisotopic (exact) mass is 569 g/mol. The number of carbonyl (C=O) groups is 2. The third kappa shape index (κ3) is 6.27. The second-order valence-electron chi connectivity index (χ2n) is 8.90. The van der Waals surface area contributed by atoms with Gasteiger partial charge in [-0.05, 0) is 66.2 Å². The van der Waals surface area contributed by atoms with Crippen LogP contribution in [0.1, 0.15) is 17.3 Å². The van der Waals surface area contributed by atoms with E-state index in [1.54, 1.807) is 25.3 Å². The molecule has 40 heavy (non-hydrogen) atoms. The summed E-state index contributed by atoms with van der Waals surface area (Å²) in [6, 6.07) is 26.8. The highest BCUT2D eigenvalue weighted by atomic mass is 32.2. The Morgan fingerprint density at radius 1 is 0.850 bits per heavy atom. The van der Waals surface area contributed by atoms with Gasteiger partial charge in [0.25, 0.3) is 5.91 Å². The van der Waals surface area contributed by atoms with Crippen LogP contribution in [0.15, 0.2) is 95.2 Å². The number of aromatic nitrogens is 1. The summed E-state index contributed by atoms with van der Waals surface area (Å²) in [6.45, 7) is 1.85. The van der Waals surface area contributed by atoms with E-state index in [9.17, 15) is 9.59 Å². The summed E-state index contributed by atoms with van der Waals surface area (Å²) < 4.78 is 10.5. The van der Waals surface area contributed by atoms with Crippen LogP contribution in [0.2, 0.25) is 0 Å². The van der Waals surface area contributed by atoms with Gasteiger partial charge in [-0.25, -0.2) is 4.98 Å². The van der Waals surface area contributed by atoms with Gasteiger partial charge in [-0.3, -0.25) is 9.59 Å². The van der Waals surface area contributed by atoms with Crippen LogP contribution in [-0.4, -0.2) is 36.3 Å². The largest absolute Gasteiger partial charge is 0.493 e. The van der Waals surface area contributed by atoms with Crippen LogP contribution in [0.3, 0.4) is 0 Å². The Labute approximate surface area is 240 Å². The number of benzene rings is 4. The lowest BCUT2D eigenvalue weighted by Crippen LogP contribution is -2.22. The highest BCUT2D eigenvalue weighted by Gasteiger charge is 2.17. The summed E-state index contributed by atoms with van der Waals surface area (Å²) in [5, 5.41) is 10.3. The lowest BCUT2D eigenvalue weighted by Gasteiger charge is -2.12. The van der Waals surface area contributed by atoms with Crippen molar-refractivity contribution in [2.75, 3.05) is 24.9 Å². The van der Waals surface area contributed by atoms with Gasteiger partial charge in [0, 0.05) is 27.1 Å². The minimum Gasteiger partial charge on any atom is -0.493 e. The van der Waals surface area contributed by atoms with E-state index in [0.29, 0.717) is 27.9 Å². The van der Waals surface area contributed by atoms with Gasteiger partial charge in [-0.2, -0.15) is 0 Å². The van der Waals surface area contributed by atoms with Gasteiger partial charge < -0.3 is 20.1 Å². The normalized spacial score (nSPS) is 11.6. The number of carbonyl (C=O) groups excluding carboxylic acids is 2. The predicted molar refractivity (Wildman–Crippen MR) is 163 cm³/mol. The number of methoxy groups -OCH3 is 2. The number of hydrogen-bond donors (Lipinski definition) is 2. The summed E-state index contributed by atoms with van der Waals surface area (Å²) in [5.74, 6) is 0.645. The molecule has 0 saturated carbocycles. The molecule has 0 fully saturated rings. The Hall–Kier alpha value is -4.34. The highest BCUT2D eigenvalue weighted by Crippen LogP contribution is 2.31. The number of ether oxygens (including phenoxy) is 2. The third-order valence-electron chi connectivity index (χ3n) is 6.22. The van der Waals surface area contributed by atoms with Crippen molar-refractivity contribution in [1.82, 2.24) is 4.98 Å². The number of rotatable bonds is 9. The van der Waals surface area contributed by atoms with E-state index in [2.05, 4.69) is 39.9 Å². The van der Waals surface area contributed by atoms with E-state index in [1.165, 1.54) is 35.6 Å². The molecule has 7 nitrogen and oxygen atoms in total. The summed E-state index contributed by atoms with van der Waals surface area (Å²) in [7, 11) is 3.07. The van der Waals surface area contributed by atoms with Crippen LogP contribution in [0.4, 0.5) is 10.8 Å². The molecule has 2 N–H and O–H groups in total. The Morgan fingerprint density at radius 3 is 2.35 bits per heavy atom. The van der Waals surface area contributed by atoms with Gasteiger partial charge in [0.1, 0.15) is 0 Å². The van der Waals surface area contributed by atoms with E-state index >= 15 is 0 Å². The molecule has 4 aromatic carbocycles. The van der Waals surface area contributed by atoms with Crippen molar-refractivity contribution in [3.05, 3.63) is 95.9 Å². The van der Waals surface area contributed by atoms with Crippen LogP contribution in [0.5, 0.6) is 11.5 Å². The summed E-state index contributed by atoms with van der Waals surface area (Å²) >= 11 is 2.83. The first kappa shape index (κ1) is 27.2. The molecule has 5 rings (SSSR count). The fourth-order valence-corrected chi connectivity index (χ4v) is 5.66.